The maximum atomic E-state index is 6.10. The van der Waals surface area contributed by atoms with Crippen LogP contribution in [0.15, 0.2) is 0 Å². The van der Waals surface area contributed by atoms with Crippen LogP contribution in [0.1, 0.15) is 62.3 Å². The summed E-state index contributed by atoms with van der Waals surface area (Å²) < 4.78 is 14.4. The average Bonchev–Trinajstić information content (AvgIpc) is 1.96. The van der Waals surface area contributed by atoms with Gasteiger partial charge in [-0.3, -0.25) is 0 Å². The van der Waals surface area contributed by atoms with Gasteiger partial charge in [0.25, 0.3) is 8.53 Å². The molecule has 0 spiro atoms. The fourth-order valence-corrected chi connectivity index (χ4v) is 3.34. The predicted octanol–water partition coefficient (Wildman–Crippen LogP) is 4.57. The summed E-state index contributed by atoms with van der Waals surface area (Å²) >= 11 is 0. The van der Waals surface area contributed by atoms with E-state index in [1.54, 1.807) is 0 Å². The Balaban J connectivity index is 4.86. The van der Waals surface area contributed by atoms with Gasteiger partial charge in [0.1, 0.15) is 0 Å². The minimum Gasteiger partial charge on any atom is -0.319 e. The second-order valence-corrected chi connectivity index (χ2v) is 7.49. The van der Waals surface area contributed by atoms with Crippen LogP contribution in [0.2, 0.25) is 0 Å². The second-order valence-electron chi connectivity index (χ2n) is 6.16. The largest absolute Gasteiger partial charge is 0.319 e. The summed E-state index contributed by atoms with van der Waals surface area (Å²) in [6.07, 6.45) is 0.184. The molecule has 0 rings (SSSR count). The van der Waals surface area contributed by atoms with E-state index in [1.165, 1.54) is 0 Å². The Bertz CT molecular complexity index is 204. The summed E-state index contributed by atoms with van der Waals surface area (Å²) in [4.78, 5) is 0. The van der Waals surface area contributed by atoms with E-state index >= 15 is 0 Å². The van der Waals surface area contributed by atoms with E-state index in [0.717, 1.165) is 0 Å². The van der Waals surface area contributed by atoms with Crippen LogP contribution in [0.4, 0.5) is 0 Å². The van der Waals surface area contributed by atoms with Gasteiger partial charge in [-0.1, -0.05) is 0 Å². The smallest absolute Gasteiger partial charge is 0.259 e. The number of rotatable bonds is 6. The van der Waals surface area contributed by atoms with Gasteiger partial charge >= 0.3 is 0 Å². The van der Waals surface area contributed by atoms with E-state index in [1.807, 2.05) is 0 Å². The average molecular weight is 263 g/mol. The first-order chi connectivity index (χ1) is 7.54. The Morgan fingerprint density at radius 2 is 1.29 bits per heavy atom. The molecule has 0 N–H and O–H groups in total. The summed E-state index contributed by atoms with van der Waals surface area (Å²) in [5, 5.41) is 0. The normalized spacial score (nSPS) is 15.4. The monoisotopic (exact) mass is 263 g/mol. The van der Waals surface area contributed by atoms with Gasteiger partial charge in [-0.05, 0) is 62.3 Å². The van der Waals surface area contributed by atoms with Gasteiger partial charge in [-0.15, -0.1) is 0 Å². The van der Waals surface area contributed by atoms with Gasteiger partial charge in [0.05, 0.1) is 11.7 Å². The van der Waals surface area contributed by atoms with Crippen LogP contribution in [-0.4, -0.2) is 28.5 Å². The molecule has 0 bridgehead atoms. The molecule has 1 atom stereocenters. The summed E-state index contributed by atoms with van der Waals surface area (Å²) in [5.74, 6) is 0. The molecule has 0 radical (unpaired) electrons. The van der Waals surface area contributed by atoms with Crippen molar-refractivity contribution in [1.29, 1.82) is 0 Å². The van der Waals surface area contributed by atoms with Crippen molar-refractivity contribution in [3.63, 3.8) is 0 Å². The molecule has 1 unspecified atom stereocenters. The molecule has 17 heavy (non-hydrogen) atoms. The summed E-state index contributed by atoms with van der Waals surface area (Å²) in [7, 11) is -0.997. The van der Waals surface area contributed by atoms with Gasteiger partial charge in [0, 0.05) is 12.1 Å². The molecule has 0 aromatic rings. The molecular formula is C13H30NO2P. The third-order valence-corrected chi connectivity index (χ3v) is 4.51. The molecule has 0 fully saturated rings. The van der Waals surface area contributed by atoms with Gasteiger partial charge < -0.3 is 9.05 Å². The molecule has 0 aliphatic rings. The van der Waals surface area contributed by atoms with Crippen molar-refractivity contribution in [2.75, 3.05) is 0 Å². The van der Waals surface area contributed by atoms with Crippen LogP contribution in [0.3, 0.4) is 0 Å². The fraction of sp³-hybridized carbons (Fsp3) is 1.00. The Morgan fingerprint density at radius 3 is 1.53 bits per heavy atom. The molecule has 0 aromatic carbocycles. The van der Waals surface area contributed by atoms with E-state index in [9.17, 15) is 0 Å². The van der Waals surface area contributed by atoms with E-state index in [4.69, 9.17) is 9.05 Å². The van der Waals surface area contributed by atoms with Crippen LogP contribution in [0.25, 0.3) is 0 Å². The van der Waals surface area contributed by atoms with E-state index in [2.05, 4.69) is 67.0 Å². The Morgan fingerprint density at radius 1 is 0.882 bits per heavy atom. The number of hydrogen-bond acceptors (Lipinski definition) is 3. The Hall–Kier alpha value is 0.310. The minimum atomic E-state index is -0.997. The molecule has 104 valence electrons. The fourth-order valence-electron chi connectivity index (χ4n) is 1.51. The molecule has 3 nitrogen and oxygen atoms in total. The highest BCUT2D eigenvalue weighted by Crippen LogP contribution is 2.49. The highest BCUT2D eigenvalue weighted by atomic mass is 31.2. The lowest BCUT2D eigenvalue weighted by Crippen LogP contribution is -2.36. The van der Waals surface area contributed by atoms with Gasteiger partial charge in [0.2, 0.25) is 0 Å². The first kappa shape index (κ1) is 17.3. The van der Waals surface area contributed by atoms with Crippen LogP contribution in [0, 0.1) is 0 Å². The predicted molar refractivity (Wildman–Crippen MR) is 76.1 cm³/mol. The van der Waals surface area contributed by atoms with Crippen molar-refractivity contribution in [3.05, 3.63) is 0 Å². The first-order valence-corrected chi connectivity index (χ1v) is 7.62. The van der Waals surface area contributed by atoms with Gasteiger partial charge in [-0.2, -0.15) is 0 Å². The van der Waals surface area contributed by atoms with Crippen LogP contribution >= 0.6 is 8.53 Å². The van der Waals surface area contributed by atoms with E-state index in [-0.39, 0.29) is 11.7 Å². The maximum Gasteiger partial charge on any atom is 0.259 e. The molecule has 4 heteroatoms. The Labute approximate surface area is 109 Å². The third-order valence-electron chi connectivity index (χ3n) is 1.90. The minimum absolute atomic E-state index is 0.178. The summed E-state index contributed by atoms with van der Waals surface area (Å²) in [5.41, 5.74) is -0.178. The zero-order chi connectivity index (χ0) is 13.8. The quantitative estimate of drug-likeness (QED) is 0.655. The molecule has 0 amide bonds. The highest BCUT2D eigenvalue weighted by Gasteiger charge is 2.31. The van der Waals surface area contributed by atoms with Crippen molar-refractivity contribution < 1.29 is 9.05 Å². The van der Waals surface area contributed by atoms with E-state index < -0.39 is 8.53 Å². The number of hydrogen-bond donors (Lipinski definition) is 0. The zero-order valence-electron chi connectivity index (χ0n) is 12.9. The second kappa shape index (κ2) is 7.04. The van der Waals surface area contributed by atoms with Crippen molar-refractivity contribution in [1.82, 2.24) is 4.67 Å². The molecule has 0 saturated heterocycles. The van der Waals surface area contributed by atoms with Crippen LogP contribution in [-0.2, 0) is 9.05 Å². The Kier molecular flexibility index (Phi) is 7.16. The molecule has 0 saturated carbocycles. The van der Waals surface area contributed by atoms with E-state index in [0.29, 0.717) is 12.1 Å². The maximum absolute atomic E-state index is 6.10. The van der Waals surface area contributed by atoms with Crippen molar-refractivity contribution in [2.24, 2.45) is 0 Å². The van der Waals surface area contributed by atoms with Gasteiger partial charge in [-0.25, -0.2) is 4.67 Å². The van der Waals surface area contributed by atoms with Crippen molar-refractivity contribution >= 4 is 8.53 Å². The van der Waals surface area contributed by atoms with Gasteiger partial charge in [0.15, 0.2) is 0 Å². The molecule has 0 aliphatic carbocycles. The lowest BCUT2D eigenvalue weighted by atomic mass is 10.2. The highest BCUT2D eigenvalue weighted by molar-refractivity contribution is 7.44. The lowest BCUT2D eigenvalue weighted by molar-refractivity contribution is 0.0749. The van der Waals surface area contributed by atoms with Crippen molar-refractivity contribution in [3.8, 4) is 0 Å². The zero-order valence-corrected chi connectivity index (χ0v) is 13.8. The van der Waals surface area contributed by atoms with Crippen LogP contribution in [0.5, 0.6) is 0 Å². The van der Waals surface area contributed by atoms with Crippen molar-refractivity contribution in [2.45, 2.75) is 86.1 Å². The summed E-state index contributed by atoms with van der Waals surface area (Å²) in [6.45, 7) is 19.1. The first-order valence-electron chi connectivity index (χ1n) is 6.49. The summed E-state index contributed by atoms with van der Waals surface area (Å²) in [6, 6.07) is 0.837. The molecule has 0 heterocycles. The lowest BCUT2D eigenvalue weighted by Gasteiger charge is -2.39. The standard InChI is InChI=1S/C13H30NO2P/c1-10(2)14(11(3)4)17(15-12(5)6)16-13(7,8)9/h10-12H,1-9H3. The molecule has 0 aliphatic heterocycles. The number of nitrogens with zero attached hydrogens (tertiary/aromatic N) is 1. The SMILES string of the molecule is CC(C)OP(OC(C)(C)C)N(C(C)C)C(C)C. The molecular weight excluding hydrogens is 233 g/mol. The topological polar surface area (TPSA) is 21.7 Å². The van der Waals surface area contributed by atoms with Crippen LogP contribution < -0.4 is 0 Å². The molecule has 0 aromatic heterocycles. The third kappa shape index (κ3) is 7.35.